The van der Waals surface area contributed by atoms with Crippen LogP contribution in [0.25, 0.3) is 10.9 Å². The molecule has 18 heteroatoms. The number of phenolic OH excluding ortho intramolecular Hbond substituents is 1. The van der Waals surface area contributed by atoms with Crippen LogP contribution in [-0.4, -0.2) is 123 Å². The van der Waals surface area contributed by atoms with E-state index < -0.39 is 102 Å². The Kier molecular flexibility index (Phi) is 21.1. The van der Waals surface area contributed by atoms with E-state index in [2.05, 4.69) is 31.6 Å². The fraction of sp³-hybridized carbons (Fsp3) is 0.491. The van der Waals surface area contributed by atoms with Crippen molar-refractivity contribution in [1.29, 1.82) is 0 Å². The largest absolute Gasteiger partial charge is 0.508 e. The van der Waals surface area contributed by atoms with E-state index in [4.69, 9.17) is 4.74 Å². The molecule has 3 aromatic carbocycles. The number of alkyl carbamates (subject to hydrolysis) is 1. The maximum Gasteiger partial charge on any atom is 0.407 e. The second-order valence-corrected chi connectivity index (χ2v) is 20.0. The maximum absolute atomic E-state index is 14.9. The molecule has 0 radical (unpaired) electrons. The number of ketones is 2. The molecule has 1 aliphatic rings. The number of phenols is 1. The summed E-state index contributed by atoms with van der Waals surface area (Å²) in [5.41, 5.74) is 1.98. The van der Waals surface area contributed by atoms with Gasteiger partial charge < -0.3 is 51.4 Å². The fourth-order valence-corrected chi connectivity index (χ4v) is 8.92. The summed E-state index contributed by atoms with van der Waals surface area (Å²) in [6, 6.07) is 16.9. The lowest BCUT2D eigenvalue weighted by Crippen LogP contribution is -2.59. The summed E-state index contributed by atoms with van der Waals surface area (Å²) in [6.07, 6.45) is -0.190. The van der Waals surface area contributed by atoms with E-state index in [0.717, 1.165) is 10.9 Å². The molecular formula is C55H73N7O11. The van der Waals surface area contributed by atoms with Gasteiger partial charge in [0.05, 0.1) is 18.2 Å². The molecule has 6 amide bonds. The highest BCUT2D eigenvalue weighted by Gasteiger charge is 2.39. The lowest BCUT2D eigenvalue weighted by atomic mass is 9.87. The number of hydrogen-bond donors (Lipinski definition) is 8. The second-order valence-electron chi connectivity index (χ2n) is 20.0. The third kappa shape index (κ3) is 17.6. The molecule has 18 nitrogen and oxygen atoms in total. The summed E-state index contributed by atoms with van der Waals surface area (Å²) in [5, 5.41) is 35.9. The highest BCUT2D eigenvalue weighted by molar-refractivity contribution is 5.99. The number of unbranched alkanes of at least 4 members (excludes halogenated alkanes) is 1. The number of ether oxygens (including phenoxy) is 1. The summed E-state index contributed by atoms with van der Waals surface area (Å²) in [4.78, 5) is 118. The van der Waals surface area contributed by atoms with Gasteiger partial charge in [0.1, 0.15) is 23.4 Å². The number of aromatic hydroxyl groups is 1. The van der Waals surface area contributed by atoms with E-state index >= 15 is 0 Å². The molecule has 1 saturated heterocycles. The Morgan fingerprint density at radius 2 is 1.38 bits per heavy atom. The number of benzene rings is 3. The predicted octanol–water partition coefficient (Wildman–Crippen LogP) is 4.73. The third-order valence-corrected chi connectivity index (χ3v) is 12.9. The van der Waals surface area contributed by atoms with Gasteiger partial charge in [-0.1, -0.05) is 74.0 Å². The molecule has 2 heterocycles. The van der Waals surface area contributed by atoms with Crippen LogP contribution in [0.4, 0.5) is 4.79 Å². The summed E-state index contributed by atoms with van der Waals surface area (Å²) in [7, 11) is 1.39. The van der Waals surface area contributed by atoms with Gasteiger partial charge in [-0.25, -0.2) is 4.79 Å². The van der Waals surface area contributed by atoms with E-state index in [-0.39, 0.29) is 56.7 Å². The Bertz CT molecular complexity index is 2520. The molecule has 394 valence electrons. The van der Waals surface area contributed by atoms with Crippen molar-refractivity contribution in [3.05, 3.63) is 102 Å². The first-order chi connectivity index (χ1) is 34.7. The first-order valence-electron chi connectivity index (χ1n) is 25.2. The van der Waals surface area contributed by atoms with E-state index in [1.54, 1.807) is 69.4 Å². The van der Waals surface area contributed by atoms with Crippen LogP contribution in [0.15, 0.2) is 85.1 Å². The topological polar surface area (TPSA) is 265 Å². The molecule has 1 aliphatic heterocycles. The molecule has 4 aromatic rings. The van der Waals surface area contributed by atoms with Gasteiger partial charge in [-0.15, -0.1) is 0 Å². The number of nitrogens with zero attached hydrogens (tertiary/aromatic N) is 1. The number of fused-ring (bicyclic) bond motifs is 1. The molecule has 0 saturated carbocycles. The van der Waals surface area contributed by atoms with E-state index in [1.165, 1.54) is 31.0 Å². The summed E-state index contributed by atoms with van der Waals surface area (Å²) in [6.45, 7) is 8.99. The number of amides is 6. The maximum atomic E-state index is 14.9. The molecule has 8 N–H and O–H groups in total. The number of aliphatic hydroxyl groups is 1. The number of Topliss-reactive ketones (excluding diaryl/α,β-unsaturated/α-hetero) is 2. The van der Waals surface area contributed by atoms with Crippen molar-refractivity contribution in [2.75, 3.05) is 20.1 Å². The average Bonchev–Trinajstić information content (AvgIpc) is 3.75. The van der Waals surface area contributed by atoms with Crippen LogP contribution >= 0.6 is 0 Å². The van der Waals surface area contributed by atoms with Crippen molar-refractivity contribution in [3.63, 3.8) is 0 Å². The standard InChI is InChI=1S/C55H73N7O11/c1-7-26-56-48(67)25-24-45-47(66)32-38(28-36-20-22-40(64)23-21-36)51(69)59-43(30-39-33-58-42-19-12-11-18-41(39)42)46(65)31-37(17-13-14-27-57-54(72)73-55(3,4)5)50(68)61-49(34(2)63)52(70)60-44(53(71)62(45)6)29-35-15-9-8-10-16-35/h8-12,15-16,18-23,33-34,37-38,43-45,49,58,63-64H,7,13-14,17,24-32H2,1-6H3,(H,56,67)(H,57,72)(H,59,69)(H,60,70)(H,61,68)/t34-,37-,38-,43-,44+,45+,49+/m1/s1. The van der Waals surface area contributed by atoms with Gasteiger partial charge in [-0.2, -0.15) is 0 Å². The molecule has 5 rings (SSSR count). The van der Waals surface area contributed by atoms with Gasteiger partial charge in [-0.05, 0) is 94.7 Å². The SMILES string of the molecule is CCCNC(=O)CC[C@H]1C(=O)C[C@@H](Cc2ccc(O)cc2)C(=O)N[C@H](Cc2c[nH]c3ccccc23)C(=O)C[C@@H](CCCCNC(=O)OC(C)(C)C)C(=O)N[C@@H]([C@@H](C)O)C(=O)N[C@@H](Cc2ccccc2)C(=O)N1C. The van der Waals surface area contributed by atoms with Crippen LogP contribution < -0.4 is 26.6 Å². The number of aromatic amines is 1. The van der Waals surface area contributed by atoms with Crippen LogP contribution in [-0.2, 0) is 57.6 Å². The molecule has 0 aliphatic carbocycles. The van der Waals surface area contributed by atoms with Gasteiger partial charge in [0.15, 0.2) is 11.6 Å². The first-order valence-corrected chi connectivity index (χ1v) is 25.2. The summed E-state index contributed by atoms with van der Waals surface area (Å²) < 4.78 is 5.35. The highest BCUT2D eigenvalue weighted by Crippen LogP contribution is 2.25. The van der Waals surface area contributed by atoms with Crippen LogP contribution in [0.3, 0.4) is 0 Å². The number of rotatable bonds is 17. The van der Waals surface area contributed by atoms with Crippen molar-refractivity contribution >= 4 is 58.1 Å². The van der Waals surface area contributed by atoms with Crippen molar-refractivity contribution < 1.29 is 53.3 Å². The number of hydrogen-bond acceptors (Lipinski definition) is 11. The molecule has 0 bridgehead atoms. The molecule has 0 unspecified atom stereocenters. The number of aromatic nitrogens is 1. The highest BCUT2D eigenvalue weighted by atomic mass is 16.6. The zero-order valence-electron chi connectivity index (χ0n) is 42.8. The zero-order chi connectivity index (χ0) is 53.2. The van der Waals surface area contributed by atoms with Gasteiger partial charge >= 0.3 is 6.09 Å². The van der Waals surface area contributed by atoms with Crippen LogP contribution in [0.5, 0.6) is 5.75 Å². The van der Waals surface area contributed by atoms with Crippen molar-refractivity contribution in [1.82, 2.24) is 36.5 Å². The molecule has 73 heavy (non-hydrogen) atoms. The average molecular weight is 1010 g/mol. The number of H-pyrrole nitrogens is 1. The number of carbonyl (C=O) groups is 8. The Morgan fingerprint density at radius 3 is 2.07 bits per heavy atom. The molecule has 1 aromatic heterocycles. The molecule has 7 atom stereocenters. The third-order valence-electron chi connectivity index (χ3n) is 12.9. The van der Waals surface area contributed by atoms with Crippen LogP contribution in [0.2, 0.25) is 0 Å². The predicted molar refractivity (Wildman–Crippen MR) is 275 cm³/mol. The Morgan fingerprint density at radius 1 is 0.740 bits per heavy atom. The quantitative estimate of drug-likeness (QED) is 0.0671. The fourth-order valence-electron chi connectivity index (χ4n) is 8.92. The minimum absolute atomic E-state index is 0.0170. The number of aliphatic hydroxyl groups excluding tert-OH is 1. The second kappa shape index (κ2) is 27.1. The minimum Gasteiger partial charge on any atom is -0.508 e. The van der Waals surface area contributed by atoms with Crippen molar-refractivity contribution in [2.24, 2.45) is 11.8 Å². The number of carbonyl (C=O) groups excluding carboxylic acids is 8. The molecule has 0 spiro atoms. The van der Waals surface area contributed by atoms with Crippen molar-refractivity contribution in [3.8, 4) is 5.75 Å². The summed E-state index contributed by atoms with van der Waals surface area (Å²) in [5.74, 6) is -6.72. The van der Waals surface area contributed by atoms with Crippen LogP contribution in [0.1, 0.15) is 103 Å². The zero-order valence-corrected chi connectivity index (χ0v) is 42.8. The van der Waals surface area contributed by atoms with Crippen LogP contribution in [0, 0.1) is 11.8 Å². The Labute approximate surface area is 427 Å². The Balaban J connectivity index is 1.59. The Hall–Kier alpha value is -7.08. The summed E-state index contributed by atoms with van der Waals surface area (Å²) >= 11 is 0. The lowest BCUT2D eigenvalue weighted by molar-refractivity contribution is -0.143. The minimum atomic E-state index is -1.61. The van der Waals surface area contributed by atoms with E-state index in [9.17, 15) is 48.6 Å². The number of likely N-dealkylation sites (N-methyl/N-ethyl adjacent to an activating group) is 1. The van der Waals surface area contributed by atoms with E-state index in [0.29, 0.717) is 42.5 Å². The lowest BCUT2D eigenvalue weighted by Gasteiger charge is -2.33. The molecule has 1 fully saturated rings. The first kappa shape index (κ1) is 56.8. The van der Waals surface area contributed by atoms with Gasteiger partial charge in [-0.3, -0.25) is 33.6 Å². The van der Waals surface area contributed by atoms with Gasteiger partial charge in [0, 0.05) is 81.2 Å². The monoisotopic (exact) mass is 1010 g/mol. The van der Waals surface area contributed by atoms with Gasteiger partial charge in [0.25, 0.3) is 0 Å². The molecular weight excluding hydrogens is 935 g/mol. The number of nitrogens with one attached hydrogen (secondary N) is 6. The smallest absolute Gasteiger partial charge is 0.407 e. The number of para-hydroxylation sites is 1. The van der Waals surface area contributed by atoms with Gasteiger partial charge in [0.2, 0.25) is 29.5 Å². The van der Waals surface area contributed by atoms with E-state index in [1.807, 2.05) is 31.2 Å². The normalized spacial score (nSPS) is 21.3. The van der Waals surface area contributed by atoms with Crippen molar-refractivity contribution in [2.45, 2.75) is 141 Å².